The van der Waals surface area contributed by atoms with Gasteiger partial charge in [-0.25, -0.2) is 0 Å². The third kappa shape index (κ3) is 6.33. The molecule has 33 heavy (non-hydrogen) atoms. The van der Waals surface area contributed by atoms with E-state index in [1.807, 2.05) is 0 Å². The van der Waals surface area contributed by atoms with Crippen molar-refractivity contribution in [2.24, 2.45) is 5.92 Å². The molecule has 0 N–H and O–H groups in total. The molecule has 0 heterocycles. The standard InChI is InChI=1S/C27H38N2O4/c1-20(2)27(19-28,22-10-12-24(31-5)26(18-22)33-7)14-8-15-29(3)16-13-21-9-11-23(30-4)25(17-21)32-6/h9-12,17-18,20H,8,13-16H2,1-7H3/i5D3,7D3,8D2,13D2,14D2,15D2,16D2. The lowest BCUT2D eigenvalue weighted by Gasteiger charge is -2.32. The Labute approximate surface area is 221 Å². The summed E-state index contributed by atoms with van der Waals surface area (Å²) in [5.41, 5.74) is -3.50. The minimum absolute atomic E-state index is 0.0184. The van der Waals surface area contributed by atoms with E-state index in [-0.39, 0.29) is 22.0 Å². The summed E-state index contributed by atoms with van der Waals surface area (Å²) in [5.74, 6) is -2.40. The number of benzene rings is 2. The molecular formula is C27H38N2O4. The third-order valence-corrected chi connectivity index (χ3v) is 4.90. The molecule has 0 spiro atoms. The molecule has 0 aliphatic carbocycles. The van der Waals surface area contributed by atoms with Crippen LogP contribution in [-0.2, 0) is 11.8 Å². The summed E-state index contributed by atoms with van der Waals surface area (Å²) in [6, 6.07) is 7.95. The van der Waals surface area contributed by atoms with E-state index in [2.05, 4.69) is 0 Å². The number of hydrogen-bond donors (Lipinski definition) is 0. The molecule has 0 radical (unpaired) electrons. The van der Waals surface area contributed by atoms with E-state index in [1.165, 1.54) is 34.1 Å². The molecule has 0 aliphatic rings. The van der Waals surface area contributed by atoms with Crippen molar-refractivity contribution in [3.05, 3.63) is 47.5 Å². The highest BCUT2D eigenvalue weighted by atomic mass is 16.5. The molecule has 2 rings (SSSR count). The molecule has 0 fully saturated rings. The molecule has 2 aromatic rings. The lowest BCUT2D eigenvalue weighted by molar-refractivity contribution is 0.292. The normalized spacial score (nSPS) is 23.0. The first-order valence-corrected chi connectivity index (χ1v) is 9.83. The lowest BCUT2D eigenvalue weighted by atomic mass is 9.69. The van der Waals surface area contributed by atoms with Gasteiger partial charge in [0, 0.05) is 20.2 Å². The number of hydrogen-bond acceptors (Lipinski definition) is 6. The molecule has 0 amide bonds. The highest BCUT2D eigenvalue weighted by Gasteiger charge is 2.36. The van der Waals surface area contributed by atoms with Crippen LogP contribution in [0.2, 0.25) is 0 Å². The van der Waals surface area contributed by atoms with E-state index in [1.54, 1.807) is 6.07 Å². The summed E-state index contributed by atoms with van der Waals surface area (Å²) in [6.07, 6.45) is -10.6. The van der Waals surface area contributed by atoms with Crippen molar-refractivity contribution in [1.82, 2.24) is 4.90 Å². The topological polar surface area (TPSA) is 64.0 Å². The van der Waals surface area contributed by atoms with Crippen LogP contribution in [0.4, 0.5) is 0 Å². The van der Waals surface area contributed by atoms with Crippen LogP contribution in [0.15, 0.2) is 36.4 Å². The van der Waals surface area contributed by atoms with Gasteiger partial charge in [-0.05, 0) is 74.0 Å². The van der Waals surface area contributed by atoms with Crippen LogP contribution >= 0.6 is 0 Å². The van der Waals surface area contributed by atoms with Gasteiger partial charge in [0.1, 0.15) is 0 Å². The van der Waals surface area contributed by atoms with Crippen LogP contribution in [0.3, 0.4) is 0 Å². The van der Waals surface area contributed by atoms with Gasteiger partial charge in [0.05, 0.1) is 48.0 Å². The van der Waals surface area contributed by atoms with E-state index in [9.17, 15) is 5.26 Å². The first-order valence-electron chi connectivity index (χ1n) is 17.8. The maximum Gasteiger partial charge on any atom is 0.161 e. The minimum atomic E-state index is -3.85. The van der Waals surface area contributed by atoms with Crippen LogP contribution in [0.1, 0.15) is 59.7 Å². The van der Waals surface area contributed by atoms with Gasteiger partial charge in [-0.15, -0.1) is 0 Å². The maximum atomic E-state index is 10.6. The zero-order valence-corrected chi connectivity index (χ0v) is 19.1. The number of aryl methyl sites for hydroxylation is 1. The van der Waals surface area contributed by atoms with Crippen LogP contribution in [0.5, 0.6) is 23.0 Å². The molecular weight excluding hydrogens is 416 g/mol. The van der Waals surface area contributed by atoms with Gasteiger partial charge >= 0.3 is 0 Å². The van der Waals surface area contributed by atoms with Gasteiger partial charge in [-0.2, -0.15) is 5.26 Å². The van der Waals surface area contributed by atoms with Crippen LogP contribution < -0.4 is 18.9 Å². The average Bonchev–Trinajstić information content (AvgIpc) is 2.95. The SMILES string of the molecule is [2H]C([2H])([2H])Oc1ccc(C(C#N)(C(C)C)C([2H])([2H])C([2H])([2H])C([2H])([2H])N(C)C([2H])([2H])C([2H])([2H])c2ccc(OC)c(OC)c2)cc1OC([2H])([2H])[2H]. The van der Waals surface area contributed by atoms with E-state index >= 15 is 0 Å². The fraction of sp³-hybridized carbons (Fsp3) is 0.519. The van der Waals surface area contributed by atoms with Gasteiger partial charge in [0.2, 0.25) is 0 Å². The van der Waals surface area contributed by atoms with Crippen molar-refractivity contribution < 1.29 is 40.9 Å². The Morgan fingerprint density at radius 1 is 0.970 bits per heavy atom. The molecule has 0 bridgehead atoms. The summed E-state index contributed by atoms with van der Waals surface area (Å²) in [6.45, 7) is -4.50. The Balaban J connectivity index is 2.82. The van der Waals surface area contributed by atoms with Crippen molar-refractivity contribution in [1.29, 1.82) is 5.26 Å². The molecule has 6 heteroatoms. The van der Waals surface area contributed by atoms with Crippen molar-refractivity contribution in [3.63, 3.8) is 0 Å². The Kier molecular flexibility index (Phi) is 4.30. The monoisotopic (exact) mass is 470 g/mol. The van der Waals surface area contributed by atoms with Gasteiger partial charge in [-0.1, -0.05) is 26.0 Å². The average molecular weight is 471 g/mol. The van der Waals surface area contributed by atoms with Crippen LogP contribution in [0.25, 0.3) is 0 Å². The molecule has 0 saturated carbocycles. The second-order valence-electron chi connectivity index (χ2n) is 7.17. The summed E-state index contributed by atoms with van der Waals surface area (Å²) >= 11 is 0. The van der Waals surface area contributed by atoms with E-state index in [0.717, 1.165) is 37.4 Å². The smallest absolute Gasteiger partial charge is 0.161 e. The summed E-state index contributed by atoms with van der Waals surface area (Å²) < 4.78 is 153. The fourth-order valence-electron chi connectivity index (χ4n) is 2.99. The minimum Gasteiger partial charge on any atom is -0.493 e. The van der Waals surface area contributed by atoms with Gasteiger partial charge < -0.3 is 23.8 Å². The van der Waals surface area contributed by atoms with Gasteiger partial charge in [0.15, 0.2) is 23.0 Å². The highest BCUT2D eigenvalue weighted by Crippen LogP contribution is 2.40. The number of ether oxygens (including phenoxy) is 4. The highest BCUT2D eigenvalue weighted by molar-refractivity contribution is 5.47. The Morgan fingerprint density at radius 3 is 2.24 bits per heavy atom. The first-order chi connectivity index (χ1) is 21.9. The van der Waals surface area contributed by atoms with Crippen molar-refractivity contribution >= 4 is 0 Å². The van der Waals surface area contributed by atoms with E-state index in [0.29, 0.717) is 0 Å². The first kappa shape index (κ1) is 11.5. The Morgan fingerprint density at radius 2 is 1.61 bits per heavy atom. The number of nitriles is 1. The zero-order valence-electron chi connectivity index (χ0n) is 35.1. The number of methoxy groups -OCH3 is 4. The van der Waals surface area contributed by atoms with Crippen molar-refractivity contribution in [2.75, 3.05) is 48.3 Å². The molecule has 6 nitrogen and oxygen atoms in total. The largest absolute Gasteiger partial charge is 0.493 e. The molecule has 0 aliphatic heterocycles. The molecule has 0 aromatic heterocycles. The number of likely N-dealkylation sites (N-methyl/N-ethyl adjacent to an activating group) is 1. The predicted molar refractivity (Wildman–Crippen MR) is 132 cm³/mol. The Hall–Kier alpha value is -2.91. The van der Waals surface area contributed by atoms with Crippen LogP contribution in [-0.4, -0.2) is 53.2 Å². The summed E-state index contributed by atoms with van der Waals surface area (Å²) in [7, 11) is -2.98. The molecule has 0 saturated heterocycles. The van der Waals surface area contributed by atoms with Crippen molar-refractivity contribution in [2.45, 2.75) is 38.4 Å². The van der Waals surface area contributed by atoms with E-state index < -0.39 is 74.6 Å². The second kappa shape index (κ2) is 12.4. The molecule has 1 atom stereocenters. The number of rotatable bonds is 13. The second-order valence-corrected chi connectivity index (χ2v) is 7.17. The lowest BCUT2D eigenvalue weighted by Crippen LogP contribution is -2.32. The van der Waals surface area contributed by atoms with Gasteiger partial charge in [-0.3, -0.25) is 0 Å². The molecule has 1 unspecified atom stereocenters. The van der Waals surface area contributed by atoms with Crippen molar-refractivity contribution in [3.8, 4) is 29.1 Å². The molecule has 180 valence electrons. The molecule has 2 aromatic carbocycles. The Bertz CT molecular complexity index is 1540. The summed E-state index contributed by atoms with van der Waals surface area (Å²) in [4.78, 5) is 0.0629. The van der Waals surface area contributed by atoms with Crippen LogP contribution in [0, 0.1) is 17.2 Å². The predicted octanol–water partition coefficient (Wildman–Crippen LogP) is 5.09. The summed E-state index contributed by atoms with van der Waals surface area (Å²) in [5, 5.41) is 10.6. The quantitative estimate of drug-likeness (QED) is 0.406. The third-order valence-electron chi connectivity index (χ3n) is 4.90. The fourth-order valence-corrected chi connectivity index (χ4v) is 2.99. The van der Waals surface area contributed by atoms with E-state index in [4.69, 9.17) is 40.9 Å². The number of nitrogens with zero attached hydrogens (tertiary/aromatic N) is 2. The maximum absolute atomic E-state index is 10.6. The zero-order chi connectivity index (χ0) is 38.4. The van der Waals surface area contributed by atoms with Gasteiger partial charge in [0.25, 0.3) is 0 Å².